The Morgan fingerprint density at radius 2 is 1.80 bits per heavy atom. The van der Waals surface area contributed by atoms with Crippen LogP contribution in [0.2, 0.25) is 0 Å². The highest BCUT2D eigenvalue weighted by Crippen LogP contribution is 2.05. The zero-order valence-electron chi connectivity index (χ0n) is 9.70. The van der Waals surface area contributed by atoms with Crippen molar-refractivity contribution in [2.45, 2.75) is 52.4 Å². The van der Waals surface area contributed by atoms with E-state index in [1.165, 1.54) is 32.6 Å². The quantitative estimate of drug-likeness (QED) is 0.472. The topological polar surface area (TPSA) is 55.8 Å². The molecule has 0 radical (unpaired) electrons. The molecule has 0 saturated carbocycles. The van der Waals surface area contributed by atoms with Gasteiger partial charge in [0.15, 0.2) is 0 Å². The van der Waals surface area contributed by atoms with E-state index in [0.717, 1.165) is 12.8 Å². The first kappa shape index (κ1) is 14.5. The molecule has 0 aromatic rings. The normalized spacial score (nSPS) is 10.1. The van der Waals surface area contributed by atoms with E-state index in [1.807, 2.05) is 0 Å². The molecule has 0 aliphatic rings. The van der Waals surface area contributed by atoms with Crippen LogP contribution in [0.4, 0.5) is 0 Å². The standard InChI is InChI=1S/C10H21BO4/c1-3-4-5-6-7-8-9-14-11(13)15-10(2)12/h13H,3-9H2,1-2H3. The van der Waals surface area contributed by atoms with E-state index in [2.05, 4.69) is 11.6 Å². The lowest BCUT2D eigenvalue weighted by molar-refractivity contribution is -0.134. The number of carbonyl (C=O) groups is 1. The minimum absolute atomic E-state index is 0.431. The van der Waals surface area contributed by atoms with Gasteiger partial charge in [0.25, 0.3) is 5.97 Å². The van der Waals surface area contributed by atoms with Gasteiger partial charge in [0, 0.05) is 13.5 Å². The monoisotopic (exact) mass is 216 g/mol. The van der Waals surface area contributed by atoms with Crippen LogP contribution in [-0.2, 0) is 14.1 Å². The van der Waals surface area contributed by atoms with Gasteiger partial charge in [-0.25, -0.2) is 0 Å². The third kappa shape index (κ3) is 11.4. The Morgan fingerprint density at radius 3 is 2.40 bits per heavy atom. The smallest absolute Gasteiger partial charge is 0.485 e. The molecule has 0 fully saturated rings. The zero-order chi connectivity index (χ0) is 11.5. The fourth-order valence-corrected chi connectivity index (χ4v) is 1.24. The largest absolute Gasteiger partial charge is 0.712 e. The van der Waals surface area contributed by atoms with Crippen molar-refractivity contribution in [2.24, 2.45) is 0 Å². The Balaban J connectivity index is 3.13. The molecule has 0 aliphatic carbocycles. The van der Waals surface area contributed by atoms with E-state index in [0.29, 0.717) is 6.61 Å². The summed E-state index contributed by atoms with van der Waals surface area (Å²) in [7, 11) is -1.40. The SMILES string of the molecule is CCCCCCCCOB(O)OC(C)=O. The van der Waals surface area contributed by atoms with E-state index in [4.69, 9.17) is 9.68 Å². The van der Waals surface area contributed by atoms with Gasteiger partial charge in [-0.3, -0.25) is 4.79 Å². The average molecular weight is 216 g/mol. The van der Waals surface area contributed by atoms with Crippen LogP contribution in [0, 0.1) is 0 Å². The van der Waals surface area contributed by atoms with Gasteiger partial charge in [-0.1, -0.05) is 39.0 Å². The van der Waals surface area contributed by atoms with E-state index in [9.17, 15) is 4.79 Å². The fraction of sp³-hybridized carbons (Fsp3) is 0.900. The van der Waals surface area contributed by atoms with Gasteiger partial charge < -0.3 is 14.3 Å². The lowest BCUT2D eigenvalue weighted by Crippen LogP contribution is -2.25. The van der Waals surface area contributed by atoms with Crippen LogP contribution in [0.25, 0.3) is 0 Å². The van der Waals surface area contributed by atoms with Crippen LogP contribution in [0.15, 0.2) is 0 Å². The maximum absolute atomic E-state index is 10.4. The molecule has 0 heterocycles. The molecular weight excluding hydrogens is 195 g/mol. The van der Waals surface area contributed by atoms with Crippen molar-refractivity contribution < 1.29 is 19.1 Å². The van der Waals surface area contributed by atoms with Gasteiger partial charge in [0.1, 0.15) is 0 Å². The summed E-state index contributed by atoms with van der Waals surface area (Å²) >= 11 is 0. The van der Waals surface area contributed by atoms with Crippen LogP contribution in [0.5, 0.6) is 0 Å². The minimum Gasteiger partial charge on any atom is -0.485 e. The number of hydrogen-bond donors (Lipinski definition) is 1. The van der Waals surface area contributed by atoms with Gasteiger partial charge in [0.2, 0.25) is 0 Å². The highest BCUT2D eigenvalue weighted by Gasteiger charge is 2.18. The second kappa shape index (κ2) is 9.99. The molecule has 0 aromatic heterocycles. The maximum Gasteiger partial charge on any atom is 0.712 e. The van der Waals surface area contributed by atoms with E-state index in [1.54, 1.807) is 0 Å². The molecule has 0 atom stereocenters. The Morgan fingerprint density at radius 1 is 1.20 bits per heavy atom. The summed E-state index contributed by atoms with van der Waals surface area (Å²) in [6.07, 6.45) is 6.94. The first-order valence-corrected chi connectivity index (χ1v) is 5.63. The molecule has 4 nitrogen and oxygen atoms in total. The molecule has 0 aromatic carbocycles. The molecular formula is C10H21BO4. The Hall–Kier alpha value is -0.545. The van der Waals surface area contributed by atoms with Gasteiger partial charge in [-0.05, 0) is 6.42 Å². The van der Waals surface area contributed by atoms with Crippen molar-refractivity contribution in [3.8, 4) is 0 Å². The maximum atomic E-state index is 10.4. The third-order valence-electron chi connectivity index (χ3n) is 2.03. The lowest BCUT2D eigenvalue weighted by atomic mass is 10.1. The van der Waals surface area contributed by atoms with Gasteiger partial charge >= 0.3 is 7.32 Å². The highest BCUT2D eigenvalue weighted by atomic mass is 16.7. The number of unbranched alkanes of at least 4 members (excludes halogenated alkanes) is 5. The summed E-state index contributed by atoms with van der Waals surface area (Å²) in [6, 6.07) is 0. The summed E-state index contributed by atoms with van der Waals surface area (Å²) in [5, 5.41) is 9.00. The van der Waals surface area contributed by atoms with E-state index < -0.39 is 13.3 Å². The Labute approximate surface area is 92.1 Å². The van der Waals surface area contributed by atoms with Gasteiger partial charge in [0.05, 0.1) is 0 Å². The Kier molecular flexibility index (Phi) is 9.63. The molecule has 0 rings (SSSR count). The highest BCUT2D eigenvalue weighted by molar-refractivity contribution is 6.37. The summed E-state index contributed by atoms with van der Waals surface area (Å²) in [6.45, 7) is 3.84. The molecule has 15 heavy (non-hydrogen) atoms. The van der Waals surface area contributed by atoms with Crippen LogP contribution in [0.3, 0.4) is 0 Å². The Bertz CT molecular complexity index is 164. The first-order chi connectivity index (χ1) is 7.16. The van der Waals surface area contributed by atoms with Gasteiger partial charge in [-0.2, -0.15) is 0 Å². The second-order valence-corrected chi connectivity index (χ2v) is 3.56. The average Bonchev–Trinajstić information content (AvgIpc) is 2.15. The molecule has 5 heteroatoms. The van der Waals surface area contributed by atoms with Gasteiger partial charge in [-0.15, -0.1) is 0 Å². The molecule has 88 valence electrons. The van der Waals surface area contributed by atoms with E-state index >= 15 is 0 Å². The van der Waals surface area contributed by atoms with Crippen molar-refractivity contribution >= 4 is 13.3 Å². The van der Waals surface area contributed by atoms with Crippen LogP contribution >= 0.6 is 0 Å². The van der Waals surface area contributed by atoms with Crippen molar-refractivity contribution in [3.63, 3.8) is 0 Å². The first-order valence-electron chi connectivity index (χ1n) is 5.63. The predicted octanol–water partition coefficient (Wildman–Crippen LogP) is 1.90. The molecule has 0 aliphatic heterocycles. The van der Waals surface area contributed by atoms with Crippen molar-refractivity contribution in [1.82, 2.24) is 0 Å². The number of rotatable bonds is 9. The number of hydrogen-bond acceptors (Lipinski definition) is 4. The summed E-state index contributed by atoms with van der Waals surface area (Å²) < 4.78 is 9.26. The van der Waals surface area contributed by atoms with Crippen LogP contribution in [0.1, 0.15) is 52.4 Å². The summed E-state index contributed by atoms with van der Waals surface area (Å²) in [4.78, 5) is 10.4. The van der Waals surface area contributed by atoms with Crippen LogP contribution in [-0.4, -0.2) is 24.9 Å². The van der Waals surface area contributed by atoms with Crippen molar-refractivity contribution in [3.05, 3.63) is 0 Å². The molecule has 0 spiro atoms. The molecule has 0 unspecified atom stereocenters. The third-order valence-corrected chi connectivity index (χ3v) is 2.03. The molecule has 0 bridgehead atoms. The minimum atomic E-state index is -1.40. The van der Waals surface area contributed by atoms with Crippen molar-refractivity contribution in [1.29, 1.82) is 0 Å². The summed E-state index contributed by atoms with van der Waals surface area (Å²) in [5.41, 5.74) is 0. The molecule has 1 N–H and O–H groups in total. The second-order valence-electron chi connectivity index (χ2n) is 3.56. The van der Waals surface area contributed by atoms with Crippen molar-refractivity contribution in [2.75, 3.05) is 6.61 Å². The zero-order valence-corrected chi connectivity index (χ0v) is 9.70. The lowest BCUT2D eigenvalue weighted by Gasteiger charge is -2.06. The predicted molar refractivity (Wildman–Crippen MR) is 59.1 cm³/mol. The molecule has 0 saturated heterocycles. The van der Waals surface area contributed by atoms with E-state index in [-0.39, 0.29) is 0 Å². The van der Waals surface area contributed by atoms with Crippen LogP contribution < -0.4 is 0 Å². The summed E-state index contributed by atoms with van der Waals surface area (Å²) in [5.74, 6) is -0.537. The number of carbonyl (C=O) groups excluding carboxylic acids is 1. The fourth-order valence-electron chi connectivity index (χ4n) is 1.24. The molecule has 0 amide bonds.